The second-order valence-corrected chi connectivity index (χ2v) is 8.36. The third kappa shape index (κ3) is 5.57. The SMILES string of the molecule is CC(Oc1ccc(F)cc1Cl)c1nnc(SCC(=O)Nc2ccc(Cl)c(Cl)c2)n1C. The van der Waals surface area contributed by atoms with E-state index < -0.39 is 11.9 Å². The topological polar surface area (TPSA) is 69.0 Å². The molecule has 158 valence electrons. The van der Waals surface area contributed by atoms with Gasteiger partial charge in [-0.15, -0.1) is 10.2 Å². The van der Waals surface area contributed by atoms with E-state index in [1.165, 1.54) is 30.0 Å². The van der Waals surface area contributed by atoms with Crippen molar-refractivity contribution in [3.8, 4) is 5.75 Å². The normalized spacial score (nSPS) is 11.9. The Morgan fingerprint density at radius 3 is 2.63 bits per heavy atom. The Morgan fingerprint density at radius 1 is 1.17 bits per heavy atom. The van der Waals surface area contributed by atoms with Crippen molar-refractivity contribution < 1.29 is 13.9 Å². The van der Waals surface area contributed by atoms with Crippen LogP contribution in [0.15, 0.2) is 41.6 Å². The molecule has 1 amide bonds. The molecule has 1 aromatic heterocycles. The lowest BCUT2D eigenvalue weighted by Crippen LogP contribution is -2.15. The van der Waals surface area contributed by atoms with Crippen LogP contribution in [0.1, 0.15) is 18.9 Å². The van der Waals surface area contributed by atoms with Crippen LogP contribution in [0.5, 0.6) is 5.75 Å². The summed E-state index contributed by atoms with van der Waals surface area (Å²) in [6.45, 7) is 1.77. The van der Waals surface area contributed by atoms with Crippen molar-refractivity contribution in [3.63, 3.8) is 0 Å². The van der Waals surface area contributed by atoms with Gasteiger partial charge in [0.25, 0.3) is 0 Å². The number of aromatic nitrogens is 3. The van der Waals surface area contributed by atoms with Crippen molar-refractivity contribution in [3.05, 3.63) is 63.1 Å². The molecule has 0 radical (unpaired) electrons. The van der Waals surface area contributed by atoms with Crippen LogP contribution in [0.4, 0.5) is 10.1 Å². The number of hydrogen-bond donors (Lipinski definition) is 1. The average Bonchev–Trinajstić information content (AvgIpc) is 3.06. The molecular weight excluding hydrogens is 474 g/mol. The van der Waals surface area contributed by atoms with E-state index in [-0.39, 0.29) is 16.7 Å². The number of carbonyl (C=O) groups excluding carboxylic acids is 1. The van der Waals surface area contributed by atoms with E-state index in [9.17, 15) is 9.18 Å². The van der Waals surface area contributed by atoms with Gasteiger partial charge in [-0.3, -0.25) is 4.79 Å². The molecule has 1 heterocycles. The number of amides is 1. The van der Waals surface area contributed by atoms with E-state index in [2.05, 4.69) is 15.5 Å². The fourth-order valence-corrected chi connectivity index (χ4v) is 3.75. The largest absolute Gasteiger partial charge is 0.481 e. The molecule has 2 aromatic carbocycles. The van der Waals surface area contributed by atoms with E-state index in [1.54, 1.807) is 36.7 Å². The van der Waals surface area contributed by atoms with Gasteiger partial charge in [-0.1, -0.05) is 46.6 Å². The summed E-state index contributed by atoms with van der Waals surface area (Å²) < 4.78 is 20.7. The number of nitrogens with one attached hydrogen (secondary N) is 1. The van der Waals surface area contributed by atoms with E-state index >= 15 is 0 Å². The minimum Gasteiger partial charge on any atom is -0.481 e. The summed E-state index contributed by atoms with van der Waals surface area (Å²) >= 11 is 19.0. The van der Waals surface area contributed by atoms with Gasteiger partial charge in [0, 0.05) is 12.7 Å². The van der Waals surface area contributed by atoms with Crippen LogP contribution in [0.2, 0.25) is 15.1 Å². The summed E-state index contributed by atoms with van der Waals surface area (Å²) in [5.41, 5.74) is 0.548. The van der Waals surface area contributed by atoms with E-state index in [4.69, 9.17) is 39.5 Å². The number of hydrogen-bond acceptors (Lipinski definition) is 5. The maximum atomic E-state index is 13.2. The van der Waals surface area contributed by atoms with Crippen molar-refractivity contribution in [2.45, 2.75) is 18.2 Å². The van der Waals surface area contributed by atoms with Crippen molar-refractivity contribution in [1.29, 1.82) is 0 Å². The van der Waals surface area contributed by atoms with Gasteiger partial charge in [0.15, 0.2) is 17.1 Å². The molecule has 0 saturated heterocycles. The van der Waals surface area contributed by atoms with Crippen molar-refractivity contribution >= 4 is 58.2 Å². The zero-order valence-electron chi connectivity index (χ0n) is 15.8. The summed E-state index contributed by atoms with van der Waals surface area (Å²) in [6, 6.07) is 8.74. The Morgan fingerprint density at radius 2 is 1.93 bits per heavy atom. The van der Waals surface area contributed by atoms with Crippen LogP contribution >= 0.6 is 46.6 Å². The molecule has 30 heavy (non-hydrogen) atoms. The molecule has 0 fully saturated rings. The summed E-state index contributed by atoms with van der Waals surface area (Å²) in [4.78, 5) is 12.2. The number of benzene rings is 2. The third-order valence-corrected chi connectivity index (χ3v) is 6.02. The Labute approximate surface area is 191 Å². The molecule has 11 heteroatoms. The summed E-state index contributed by atoms with van der Waals surface area (Å²) in [6.07, 6.45) is -0.496. The summed E-state index contributed by atoms with van der Waals surface area (Å²) in [7, 11) is 1.76. The fraction of sp³-hybridized carbons (Fsp3) is 0.211. The monoisotopic (exact) mass is 488 g/mol. The predicted molar refractivity (Wildman–Crippen MR) is 117 cm³/mol. The minimum absolute atomic E-state index is 0.116. The highest BCUT2D eigenvalue weighted by Crippen LogP contribution is 2.30. The number of rotatable bonds is 7. The molecule has 0 bridgehead atoms. The first-order valence-corrected chi connectivity index (χ1v) is 10.7. The molecule has 0 spiro atoms. The predicted octanol–water partition coefficient (Wildman–Crippen LogP) is 5.79. The smallest absolute Gasteiger partial charge is 0.234 e. The highest BCUT2D eigenvalue weighted by Gasteiger charge is 2.19. The summed E-state index contributed by atoms with van der Waals surface area (Å²) in [5, 5.41) is 12.4. The van der Waals surface area contributed by atoms with Crippen molar-refractivity contribution in [1.82, 2.24) is 14.8 Å². The van der Waals surface area contributed by atoms with Crippen LogP contribution in [-0.4, -0.2) is 26.4 Å². The standard InChI is InChI=1S/C19H16Cl3FN4O2S/c1-10(29-16-6-3-11(23)7-15(16)22)18-25-26-19(27(18)2)30-9-17(28)24-12-4-5-13(20)14(21)8-12/h3-8,10H,9H2,1-2H3,(H,24,28). The number of halogens is 4. The quantitative estimate of drug-likeness (QED) is 0.426. The van der Waals surface area contributed by atoms with Crippen molar-refractivity contribution in [2.24, 2.45) is 7.05 Å². The van der Waals surface area contributed by atoms with Gasteiger partial charge >= 0.3 is 0 Å². The second-order valence-electron chi connectivity index (χ2n) is 6.20. The van der Waals surface area contributed by atoms with E-state index in [0.717, 1.165) is 0 Å². The van der Waals surface area contributed by atoms with Crippen LogP contribution in [-0.2, 0) is 11.8 Å². The highest BCUT2D eigenvalue weighted by atomic mass is 35.5. The van der Waals surface area contributed by atoms with E-state index in [0.29, 0.717) is 32.5 Å². The van der Waals surface area contributed by atoms with Gasteiger partial charge in [-0.05, 0) is 43.3 Å². The Bertz CT molecular complexity index is 1080. The number of carbonyl (C=O) groups is 1. The van der Waals surface area contributed by atoms with Gasteiger partial charge in [-0.2, -0.15) is 0 Å². The second kappa shape index (κ2) is 9.87. The lowest BCUT2D eigenvalue weighted by molar-refractivity contribution is -0.113. The first-order valence-electron chi connectivity index (χ1n) is 8.63. The maximum Gasteiger partial charge on any atom is 0.234 e. The van der Waals surface area contributed by atoms with Crippen LogP contribution in [0.25, 0.3) is 0 Å². The maximum absolute atomic E-state index is 13.2. The fourth-order valence-electron chi connectivity index (χ4n) is 2.52. The molecular formula is C19H16Cl3FN4O2S. The Hall–Kier alpha value is -2.00. The molecule has 0 aliphatic heterocycles. The first-order chi connectivity index (χ1) is 14.2. The Kier molecular flexibility index (Phi) is 7.46. The van der Waals surface area contributed by atoms with E-state index in [1.807, 2.05) is 0 Å². The van der Waals surface area contributed by atoms with Gasteiger partial charge < -0.3 is 14.6 Å². The Balaban J connectivity index is 1.60. The average molecular weight is 490 g/mol. The van der Waals surface area contributed by atoms with Gasteiger partial charge in [0.05, 0.1) is 20.8 Å². The molecule has 1 N–H and O–H groups in total. The highest BCUT2D eigenvalue weighted by molar-refractivity contribution is 7.99. The number of nitrogens with zero attached hydrogens (tertiary/aromatic N) is 3. The molecule has 3 aromatic rings. The molecule has 0 aliphatic carbocycles. The molecule has 3 rings (SSSR count). The minimum atomic E-state index is -0.496. The first kappa shape index (κ1) is 22.7. The molecule has 6 nitrogen and oxygen atoms in total. The van der Waals surface area contributed by atoms with Crippen LogP contribution < -0.4 is 10.1 Å². The number of thioether (sulfide) groups is 1. The molecule has 0 aliphatic rings. The molecule has 0 saturated carbocycles. The van der Waals surface area contributed by atoms with Gasteiger partial charge in [0.1, 0.15) is 11.6 Å². The van der Waals surface area contributed by atoms with Gasteiger partial charge in [0.2, 0.25) is 5.91 Å². The van der Waals surface area contributed by atoms with Crippen LogP contribution in [0.3, 0.4) is 0 Å². The zero-order chi connectivity index (χ0) is 21.8. The summed E-state index contributed by atoms with van der Waals surface area (Å²) in [5.74, 6) is 0.305. The van der Waals surface area contributed by atoms with Crippen LogP contribution in [0, 0.1) is 5.82 Å². The lowest BCUT2D eigenvalue weighted by atomic mass is 10.3. The third-order valence-electron chi connectivity index (χ3n) is 3.97. The lowest BCUT2D eigenvalue weighted by Gasteiger charge is -2.15. The zero-order valence-corrected chi connectivity index (χ0v) is 18.9. The van der Waals surface area contributed by atoms with Gasteiger partial charge in [-0.25, -0.2) is 4.39 Å². The number of anilines is 1. The molecule has 1 unspecified atom stereocenters. The number of ether oxygens (including phenoxy) is 1. The van der Waals surface area contributed by atoms with Crippen molar-refractivity contribution in [2.75, 3.05) is 11.1 Å². The molecule has 1 atom stereocenters.